The summed E-state index contributed by atoms with van der Waals surface area (Å²) in [4.78, 5) is 37.0. The zero-order chi connectivity index (χ0) is 8.85. The van der Waals surface area contributed by atoms with E-state index in [0.29, 0.717) is 0 Å². The molecule has 6 heteroatoms. The van der Waals surface area contributed by atoms with Gasteiger partial charge in [0.15, 0.2) is 0 Å². The minimum absolute atomic E-state index is 0.717. The van der Waals surface area contributed by atoms with E-state index in [0.717, 1.165) is 6.08 Å². The van der Waals surface area contributed by atoms with Crippen molar-refractivity contribution in [2.45, 2.75) is 0 Å². The van der Waals surface area contributed by atoms with Gasteiger partial charge in [0.05, 0.1) is 0 Å². The molecule has 0 rings (SSSR count). The van der Waals surface area contributed by atoms with Crippen LogP contribution in [0.3, 0.4) is 0 Å². The molecule has 60 valence electrons. The smallest absolute Gasteiger partial charge is 0.462 e. The second kappa shape index (κ2) is 4.04. The summed E-state index contributed by atoms with van der Waals surface area (Å²) >= 11 is 0. The molecule has 0 amide bonds. The maximum atomic E-state index is 10.1. The van der Waals surface area contributed by atoms with Gasteiger partial charge in [0.1, 0.15) is 0 Å². The first-order valence-corrected chi connectivity index (χ1v) is 2.36. The Hall–Kier alpha value is -1.85. The average Bonchev–Trinajstić information content (AvgIpc) is 1.99. The molecular formula is C5H4O6. The first-order chi connectivity index (χ1) is 5.07. The van der Waals surface area contributed by atoms with Crippen LogP contribution in [-0.2, 0) is 24.2 Å². The molecule has 0 aromatic heterocycles. The Kier molecular flexibility index (Phi) is 3.36. The van der Waals surface area contributed by atoms with Gasteiger partial charge in [-0.15, -0.1) is 0 Å². The monoisotopic (exact) mass is 160 g/mol. The summed E-state index contributed by atoms with van der Waals surface area (Å²) in [6, 6.07) is 0. The maximum Gasteiger partial charge on any atom is 0.462 e. The Bertz CT molecular complexity index is 205. The van der Waals surface area contributed by atoms with Crippen molar-refractivity contribution in [2.24, 2.45) is 0 Å². The maximum absolute atomic E-state index is 10.1. The van der Waals surface area contributed by atoms with Crippen molar-refractivity contribution in [3.05, 3.63) is 12.7 Å². The SMILES string of the molecule is C=CC(=O)OOC(=O)C(=O)O. The molecule has 0 aliphatic heterocycles. The molecule has 0 saturated heterocycles. The highest BCUT2D eigenvalue weighted by molar-refractivity contribution is 6.28. The number of aliphatic carboxylic acids is 1. The van der Waals surface area contributed by atoms with Crippen LogP contribution in [0.5, 0.6) is 0 Å². The second-order valence-corrected chi connectivity index (χ2v) is 1.28. The van der Waals surface area contributed by atoms with Gasteiger partial charge in [-0.3, -0.25) is 0 Å². The van der Waals surface area contributed by atoms with Crippen molar-refractivity contribution in [1.82, 2.24) is 0 Å². The molecule has 0 heterocycles. The van der Waals surface area contributed by atoms with Crippen LogP contribution < -0.4 is 0 Å². The van der Waals surface area contributed by atoms with Gasteiger partial charge in [0.2, 0.25) is 0 Å². The molecule has 1 N–H and O–H groups in total. The number of rotatable bonds is 1. The molecule has 0 fully saturated rings. The molecule has 0 saturated carbocycles. The average molecular weight is 160 g/mol. The van der Waals surface area contributed by atoms with Gasteiger partial charge < -0.3 is 5.11 Å². The van der Waals surface area contributed by atoms with Crippen molar-refractivity contribution >= 4 is 17.9 Å². The number of carboxylic acid groups (broad SMARTS) is 1. The van der Waals surface area contributed by atoms with E-state index in [1.54, 1.807) is 0 Å². The second-order valence-electron chi connectivity index (χ2n) is 1.28. The number of carbonyl (C=O) groups excluding carboxylic acids is 2. The van der Waals surface area contributed by atoms with Crippen LogP contribution >= 0.6 is 0 Å². The number of carbonyl (C=O) groups is 3. The summed E-state index contributed by atoms with van der Waals surface area (Å²) < 4.78 is 0. The third-order valence-corrected chi connectivity index (χ3v) is 0.541. The van der Waals surface area contributed by atoms with E-state index >= 15 is 0 Å². The molecule has 0 aromatic carbocycles. The molecule has 0 radical (unpaired) electrons. The van der Waals surface area contributed by atoms with Crippen LogP contribution in [0.2, 0.25) is 0 Å². The van der Waals surface area contributed by atoms with Crippen LogP contribution in [-0.4, -0.2) is 23.0 Å². The van der Waals surface area contributed by atoms with Crippen LogP contribution in [0.15, 0.2) is 12.7 Å². The lowest BCUT2D eigenvalue weighted by Gasteiger charge is -1.94. The predicted molar refractivity (Wildman–Crippen MR) is 30.0 cm³/mol. The molecule has 0 bridgehead atoms. The zero-order valence-electron chi connectivity index (χ0n) is 5.27. The van der Waals surface area contributed by atoms with E-state index in [-0.39, 0.29) is 0 Å². The van der Waals surface area contributed by atoms with Crippen LogP contribution in [0, 0.1) is 0 Å². The molecule has 0 aliphatic rings. The summed E-state index contributed by atoms with van der Waals surface area (Å²) in [5.74, 6) is -4.55. The summed E-state index contributed by atoms with van der Waals surface area (Å²) in [6.45, 7) is 2.97. The fourth-order valence-corrected chi connectivity index (χ4v) is 0.149. The van der Waals surface area contributed by atoms with Crippen molar-refractivity contribution in [1.29, 1.82) is 0 Å². The van der Waals surface area contributed by atoms with Gasteiger partial charge in [-0.1, -0.05) is 6.58 Å². The molecule has 6 nitrogen and oxygen atoms in total. The summed E-state index contributed by atoms with van der Waals surface area (Å²) in [7, 11) is 0. The summed E-state index contributed by atoms with van der Waals surface area (Å²) in [5, 5.41) is 7.88. The van der Waals surface area contributed by atoms with Gasteiger partial charge in [-0.2, -0.15) is 0 Å². The first-order valence-electron chi connectivity index (χ1n) is 2.36. The van der Waals surface area contributed by atoms with E-state index in [1.807, 2.05) is 0 Å². The highest BCUT2D eigenvalue weighted by Crippen LogP contribution is 1.83. The molecule has 0 aromatic rings. The van der Waals surface area contributed by atoms with Gasteiger partial charge in [-0.05, 0) is 0 Å². The van der Waals surface area contributed by atoms with Crippen LogP contribution in [0.1, 0.15) is 0 Å². The zero-order valence-corrected chi connectivity index (χ0v) is 5.27. The molecule has 0 aliphatic carbocycles. The lowest BCUT2D eigenvalue weighted by Crippen LogP contribution is -2.18. The number of hydrogen-bond acceptors (Lipinski definition) is 5. The largest absolute Gasteiger partial charge is 0.473 e. The normalized spacial score (nSPS) is 8.00. The molecule has 0 atom stereocenters. The number of carboxylic acids is 1. The van der Waals surface area contributed by atoms with Crippen LogP contribution in [0.25, 0.3) is 0 Å². The van der Waals surface area contributed by atoms with Crippen LogP contribution in [0.4, 0.5) is 0 Å². The van der Waals surface area contributed by atoms with E-state index in [2.05, 4.69) is 16.4 Å². The standard InChI is InChI=1S/C5H4O6/c1-2-3(6)10-11-5(9)4(7)8/h2H,1H2,(H,7,8). The Morgan fingerprint density at radius 3 is 2.18 bits per heavy atom. The fourth-order valence-electron chi connectivity index (χ4n) is 0.149. The number of hydrogen-bond donors (Lipinski definition) is 1. The lowest BCUT2D eigenvalue weighted by molar-refractivity contribution is -0.254. The van der Waals surface area contributed by atoms with Gasteiger partial charge in [0, 0.05) is 6.08 Å². The Balaban J connectivity index is 3.71. The first kappa shape index (κ1) is 9.15. The Morgan fingerprint density at radius 2 is 1.82 bits per heavy atom. The van der Waals surface area contributed by atoms with Crippen molar-refractivity contribution in [2.75, 3.05) is 0 Å². The summed E-state index contributed by atoms with van der Waals surface area (Å²) in [6.07, 6.45) is 0.717. The molecular weight excluding hydrogens is 156 g/mol. The van der Waals surface area contributed by atoms with Gasteiger partial charge in [0.25, 0.3) is 0 Å². The van der Waals surface area contributed by atoms with Gasteiger partial charge >= 0.3 is 17.9 Å². The fraction of sp³-hybridized carbons (Fsp3) is 0. The summed E-state index contributed by atoms with van der Waals surface area (Å²) in [5.41, 5.74) is 0. The van der Waals surface area contributed by atoms with Gasteiger partial charge in [-0.25, -0.2) is 24.2 Å². The van der Waals surface area contributed by atoms with E-state index in [9.17, 15) is 14.4 Å². The van der Waals surface area contributed by atoms with E-state index in [4.69, 9.17) is 5.11 Å². The Morgan fingerprint density at radius 1 is 1.27 bits per heavy atom. The topological polar surface area (TPSA) is 89.9 Å². The highest BCUT2D eigenvalue weighted by Gasteiger charge is 2.15. The third kappa shape index (κ3) is 3.68. The van der Waals surface area contributed by atoms with Crippen molar-refractivity contribution < 1.29 is 29.3 Å². The molecule has 11 heavy (non-hydrogen) atoms. The van der Waals surface area contributed by atoms with E-state index in [1.165, 1.54) is 0 Å². The quantitative estimate of drug-likeness (QED) is 0.235. The van der Waals surface area contributed by atoms with Crippen molar-refractivity contribution in [3.8, 4) is 0 Å². The minimum Gasteiger partial charge on any atom is -0.473 e. The van der Waals surface area contributed by atoms with E-state index < -0.39 is 17.9 Å². The minimum atomic E-state index is -1.85. The molecule has 0 spiro atoms. The molecule has 0 unspecified atom stereocenters. The van der Waals surface area contributed by atoms with Crippen molar-refractivity contribution in [3.63, 3.8) is 0 Å². The third-order valence-electron chi connectivity index (χ3n) is 0.541. The predicted octanol–water partition coefficient (Wildman–Crippen LogP) is -0.742. The lowest BCUT2D eigenvalue weighted by atomic mass is 10.7. The Labute approximate surface area is 60.9 Å². The highest BCUT2D eigenvalue weighted by atomic mass is 17.2.